The van der Waals surface area contributed by atoms with Crippen molar-refractivity contribution in [3.63, 3.8) is 0 Å². The maximum atomic E-state index is 10.8. The molecule has 0 radical (unpaired) electrons. The Labute approximate surface area is 98.2 Å². The van der Waals surface area contributed by atoms with Crippen molar-refractivity contribution in [2.75, 3.05) is 32.7 Å². The van der Waals surface area contributed by atoms with Crippen LogP contribution in [0.5, 0.6) is 0 Å². The van der Waals surface area contributed by atoms with Crippen LogP contribution in [-0.2, 0) is 0 Å². The molecule has 0 aromatic heterocycles. The summed E-state index contributed by atoms with van der Waals surface area (Å²) in [5.74, 6) is 0. The lowest BCUT2D eigenvalue weighted by Crippen LogP contribution is -2.69. The van der Waals surface area contributed by atoms with E-state index in [2.05, 4.69) is 17.1 Å². The van der Waals surface area contributed by atoms with Gasteiger partial charge in [-0.25, -0.2) is 0 Å². The Kier molecular flexibility index (Phi) is 3.54. The van der Waals surface area contributed by atoms with Crippen LogP contribution in [0.4, 0.5) is 0 Å². The van der Waals surface area contributed by atoms with E-state index < -0.39 is 11.1 Å². The fraction of sp³-hybridized carbons (Fsp3) is 1.00. The molecule has 2 heterocycles. The van der Waals surface area contributed by atoms with Crippen molar-refractivity contribution < 1.29 is 5.11 Å². The molecule has 0 saturated carbocycles. The summed E-state index contributed by atoms with van der Waals surface area (Å²) in [7, 11) is 0. The van der Waals surface area contributed by atoms with Crippen molar-refractivity contribution in [1.29, 1.82) is 0 Å². The predicted octanol–water partition coefficient (Wildman–Crippen LogP) is -0.0859. The highest BCUT2D eigenvalue weighted by Gasteiger charge is 2.49. The number of aliphatic hydroxyl groups is 1. The molecule has 4 nitrogen and oxygen atoms in total. The summed E-state index contributed by atoms with van der Waals surface area (Å²) < 4.78 is 0. The minimum Gasteiger partial charge on any atom is -0.388 e. The Balaban J connectivity index is 2.09. The number of likely N-dealkylation sites (N-methyl/N-ethyl adjacent to an activating group) is 1. The Morgan fingerprint density at radius 3 is 2.62 bits per heavy atom. The monoisotopic (exact) mass is 227 g/mol. The number of hydrogen-bond donors (Lipinski definition) is 3. The molecule has 0 spiro atoms. The lowest BCUT2D eigenvalue weighted by Gasteiger charge is -2.51. The van der Waals surface area contributed by atoms with Crippen molar-refractivity contribution in [3.05, 3.63) is 0 Å². The second kappa shape index (κ2) is 4.61. The first kappa shape index (κ1) is 12.3. The molecular weight excluding hydrogens is 202 g/mol. The fourth-order valence-electron chi connectivity index (χ4n) is 3.16. The third kappa shape index (κ3) is 2.12. The Bertz CT molecular complexity index is 240. The number of piperidine rings is 2. The first-order valence-electron chi connectivity index (χ1n) is 6.54. The van der Waals surface area contributed by atoms with Crippen LogP contribution < -0.4 is 11.1 Å². The van der Waals surface area contributed by atoms with Gasteiger partial charge < -0.3 is 21.1 Å². The number of nitrogens with one attached hydrogen (secondary N) is 1. The van der Waals surface area contributed by atoms with Crippen molar-refractivity contribution in [3.8, 4) is 0 Å². The second-order valence-electron chi connectivity index (χ2n) is 5.41. The third-order valence-electron chi connectivity index (χ3n) is 4.41. The van der Waals surface area contributed by atoms with Gasteiger partial charge in [-0.15, -0.1) is 0 Å². The van der Waals surface area contributed by atoms with E-state index in [0.717, 1.165) is 58.4 Å². The SMILES string of the molecule is CCN1CCCC(N)(C2(O)CCNCC2)C1. The van der Waals surface area contributed by atoms with Crippen LogP contribution in [0.1, 0.15) is 32.6 Å². The summed E-state index contributed by atoms with van der Waals surface area (Å²) >= 11 is 0. The number of rotatable bonds is 2. The van der Waals surface area contributed by atoms with Gasteiger partial charge in [0.1, 0.15) is 0 Å². The second-order valence-corrected chi connectivity index (χ2v) is 5.41. The van der Waals surface area contributed by atoms with Gasteiger partial charge in [0.25, 0.3) is 0 Å². The van der Waals surface area contributed by atoms with E-state index in [1.165, 1.54) is 0 Å². The predicted molar refractivity (Wildman–Crippen MR) is 65.3 cm³/mol. The van der Waals surface area contributed by atoms with Crippen molar-refractivity contribution in [2.24, 2.45) is 5.73 Å². The van der Waals surface area contributed by atoms with Crippen molar-refractivity contribution >= 4 is 0 Å². The van der Waals surface area contributed by atoms with Crippen LogP contribution in [0, 0.1) is 0 Å². The average Bonchev–Trinajstić information content (AvgIpc) is 2.30. The lowest BCUT2D eigenvalue weighted by molar-refractivity contribution is -0.0841. The van der Waals surface area contributed by atoms with Crippen LogP contribution in [0.2, 0.25) is 0 Å². The molecule has 2 aliphatic heterocycles. The van der Waals surface area contributed by atoms with E-state index in [4.69, 9.17) is 5.73 Å². The molecule has 2 fully saturated rings. The number of hydrogen-bond acceptors (Lipinski definition) is 4. The molecule has 1 unspecified atom stereocenters. The Hall–Kier alpha value is -0.160. The topological polar surface area (TPSA) is 61.5 Å². The van der Waals surface area contributed by atoms with Crippen LogP contribution in [0.25, 0.3) is 0 Å². The molecule has 0 aromatic rings. The summed E-state index contributed by atoms with van der Waals surface area (Å²) in [6.07, 6.45) is 3.65. The summed E-state index contributed by atoms with van der Waals surface area (Å²) in [6, 6.07) is 0. The van der Waals surface area contributed by atoms with E-state index in [-0.39, 0.29) is 0 Å². The molecule has 2 rings (SSSR count). The molecule has 0 amide bonds. The van der Waals surface area contributed by atoms with Crippen LogP contribution in [0.15, 0.2) is 0 Å². The third-order valence-corrected chi connectivity index (χ3v) is 4.41. The maximum absolute atomic E-state index is 10.8. The lowest BCUT2D eigenvalue weighted by atomic mass is 9.70. The summed E-state index contributed by atoms with van der Waals surface area (Å²) in [4.78, 5) is 2.36. The van der Waals surface area contributed by atoms with Crippen LogP contribution >= 0.6 is 0 Å². The zero-order valence-corrected chi connectivity index (χ0v) is 10.3. The van der Waals surface area contributed by atoms with Gasteiger partial charge in [0, 0.05) is 6.54 Å². The van der Waals surface area contributed by atoms with E-state index in [9.17, 15) is 5.11 Å². The standard InChI is InChI=1S/C12H25N3O/c1-2-15-9-3-4-11(13,10-15)12(16)5-7-14-8-6-12/h14,16H,2-10,13H2,1H3. The van der Waals surface area contributed by atoms with E-state index in [0.29, 0.717) is 0 Å². The molecule has 4 heteroatoms. The molecule has 4 N–H and O–H groups in total. The van der Waals surface area contributed by atoms with Crippen LogP contribution in [-0.4, -0.2) is 53.9 Å². The van der Waals surface area contributed by atoms with Crippen molar-refractivity contribution in [2.45, 2.75) is 43.7 Å². The molecule has 2 aliphatic rings. The van der Waals surface area contributed by atoms with Gasteiger partial charge in [0.05, 0.1) is 11.1 Å². The number of nitrogens with zero attached hydrogens (tertiary/aromatic N) is 1. The molecule has 0 aliphatic carbocycles. The van der Waals surface area contributed by atoms with Gasteiger partial charge in [0.15, 0.2) is 0 Å². The van der Waals surface area contributed by atoms with Gasteiger partial charge >= 0.3 is 0 Å². The quantitative estimate of drug-likeness (QED) is 0.617. The minimum atomic E-state index is -0.661. The Morgan fingerprint density at radius 1 is 1.31 bits per heavy atom. The van der Waals surface area contributed by atoms with Gasteiger partial charge in [-0.05, 0) is 51.9 Å². The summed E-state index contributed by atoms with van der Waals surface area (Å²) in [5, 5.41) is 14.1. The zero-order valence-electron chi connectivity index (χ0n) is 10.3. The molecule has 0 bridgehead atoms. The highest BCUT2D eigenvalue weighted by atomic mass is 16.3. The zero-order chi connectivity index (χ0) is 11.6. The number of nitrogens with two attached hydrogens (primary N) is 1. The smallest absolute Gasteiger partial charge is 0.0863 e. The van der Waals surface area contributed by atoms with E-state index >= 15 is 0 Å². The first-order valence-corrected chi connectivity index (χ1v) is 6.54. The van der Waals surface area contributed by atoms with Crippen LogP contribution in [0.3, 0.4) is 0 Å². The first-order chi connectivity index (χ1) is 7.60. The summed E-state index contributed by atoms with van der Waals surface area (Å²) in [6.45, 7) is 6.96. The normalized spacial score (nSPS) is 36.2. The fourth-order valence-corrected chi connectivity index (χ4v) is 3.16. The van der Waals surface area contributed by atoms with Gasteiger partial charge in [-0.1, -0.05) is 6.92 Å². The van der Waals surface area contributed by atoms with Gasteiger partial charge in [-0.3, -0.25) is 0 Å². The number of likely N-dealkylation sites (tertiary alicyclic amines) is 1. The van der Waals surface area contributed by atoms with Gasteiger partial charge in [0.2, 0.25) is 0 Å². The molecule has 94 valence electrons. The maximum Gasteiger partial charge on any atom is 0.0863 e. The van der Waals surface area contributed by atoms with E-state index in [1.807, 2.05) is 0 Å². The molecule has 1 atom stereocenters. The molecular formula is C12H25N3O. The largest absolute Gasteiger partial charge is 0.388 e. The van der Waals surface area contributed by atoms with Gasteiger partial charge in [-0.2, -0.15) is 0 Å². The summed E-state index contributed by atoms with van der Waals surface area (Å²) in [5.41, 5.74) is 5.45. The molecule has 0 aromatic carbocycles. The highest BCUT2D eigenvalue weighted by molar-refractivity contribution is 5.08. The molecule has 16 heavy (non-hydrogen) atoms. The van der Waals surface area contributed by atoms with Crippen molar-refractivity contribution in [1.82, 2.24) is 10.2 Å². The molecule has 2 saturated heterocycles. The highest BCUT2D eigenvalue weighted by Crippen LogP contribution is 2.35. The Morgan fingerprint density at radius 2 is 2.00 bits per heavy atom. The average molecular weight is 227 g/mol. The van der Waals surface area contributed by atoms with E-state index in [1.54, 1.807) is 0 Å². The minimum absolute atomic E-state index is 0.399.